The maximum absolute atomic E-state index is 5.61. The van der Waals surface area contributed by atoms with Crippen molar-refractivity contribution in [2.75, 3.05) is 20.2 Å². The summed E-state index contributed by atoms with van der Waals surface area (Å²) in [5.41, 5.74) is 11.0. The van der Waals surface area contributed by atoms with E-state index in [2.05, 4.69) is 55.1 Å². The van der Waals surface area contributed by atoms with E-state index in [1.54, 1.807) is 34.9 Å². The number of nitrogens with zero attached hydrogens (tertiary/aromatic N) is 1. The molecule has 2 aromatic carbocycles. The van der Waals surface area contributed by atoms with Crippen LogP contribution in [0.3, 0.4) is 0 Å². The molecule has 2 aromatic rings. The molecule has 2 aliphatic heterocycles. The molecular formula is C28H35NO. The number of hydrogen-bond acceptors (Lipinski definition) is 2. The summed E-state index contributed by atoms with van der Waals surface area (Å²) in [7, 11) is 1.79. The fourth-order valence-electron chi connectivity index (χ4n) is 6.23. The summed E-state index contributed by atoms with van der Waals surface area (Å²) in [6.07, 6.45) is 8.69. The second-order valence-corrected chi connectivity index (χ2v) is 9.51. The Morgan fingerprint density at radius 3 is 2.73 bits per heavy atom. The molecule has 2 nitrogen and oxygen atoms in total. The molecule has 0 radical (unpaired) electrons. The summed E-state index contributed by atoms with van der Waals surface area (Å²) < 4.78 is 5.61. The van der Waals surface area contributed by atoms with Gasteiger partial charge in [0, 0.05) is 19.1 Å². The number of aryl methyl sites for hydroxylation is 2. The van der Waals surface area contributed by atoms with Gasteiger partial charge in [-0.3, -0.25) is 4.90 Å². The average molecular weight is 402 g/mol. The van der Waals surface area contributed by atoms with Crippen LogP contribution in [0.2, 0.25) is 0 Å². The van der Waals surface area contributed by atoms with Crippen LogP contribution in [0.25, 0.3) is 0 Å². The molecule has 2 heteroatoms. The number of rotatable bonds is 4. The van der Waals surface area contributed by atoms with Gasteiger partial charge in [-0.05, 0) is 91.7 Å². The molecule has 0 spiro atoms. The third-order valence-corrected chi connectivity index (χ3v) is 7.87. The van der Waals surface area contributed by atoms with Gasteiger partial charge in [-0.15, -0.1) is 0 Å². The van der Waals surface area contributed by atoms with E-state index in [4.69, 9.17) is 4.74 Å². The van der Waals surface area contributed by atoms with E-state index < -0.39 is 0 Å². The van der Waals surface area contributed by atoms with E-state index in [1.165, 1.54) is 69.2 Å². The zero-order chi connectivity index (χ0) is 20.7. The molecule has 0 N–H and O–H groups in total. The number of hydrogen-bond donors (Lipinski definition) is 0. The number of fused-ring (bicyclic) bond motifs is 4. The molecule has 0 saturated carbocycles. The molecule has 158 valence electrons. The minimum atomic E-state index is 0.584. The molecular weight excluding hydrogens is 366 g/mol. The molecule has 0 fully saturated rings. The van der Waals surface area contributed by atoms with Gasteiger partial charge in [0.15, 0.2) is 0 Å². The Bertz CT molecular complexity index is 973. The third-order valence-electron chi connectivity index (χ3n) is 7.87. The Balaban J connectivity index is 1.45. The standard InChI is InChI=1S/C28H35NO/c1-4-20-18-29-13-12-21-8-5-6-11-25(21)27(29)16-24(20)15-22-9-7-10-23-17-28(30-3)19(2)14-26(22)23/h5-6,8,11,14,17,22,27H,4,7,9-10,12-13,15-16,18H2,1-3H3/t22-,27-/m0/s1. The van der Waals surface area contributed by atoms with E-state index in [0.717, 1.165) is 5.75 Å². The molecule has 2 atom stereocenters. The molecule has 0 amide bonds. The van der Waals surface area contributed by atoms with Crippen molar-refractivity contribution in [3.63, 3.8) is 0 Å². The first-order valence-electron chi connectivity index (χ1n) is 11.9. The van der Waals surface area contributed by atoms with Crippen LogP contribution in [0.5, 0.6) is 5.75 Å². The molecule has 3 aliphatic rings. The number of ether oxygens (including phenoxy) is 1. The van der Waals surface area contributed by atoms with E-state index >= 15 is 0 Å². The predicted molar refractivity (Wildman–Crippen MR) is 124 cm³/mol. The quantitative estimate of drug-likeness (QED) is 0.541. The Labute approximate surface area is 181 Å². The van der Waals surface area contributed by atoms with E-state index in [1.807, 2.05) is 0 Å². The largest absolute Gasteiger partial charge is 0.496 e. The maximum atomic E-state index is 5.61. The highest BCUT2D eigenvalue weighted by Crippen LogP contribution is 2.45. The SMILES string of the molecule is CCC1=C(C[C@@H]2CCCc3cc(OC)c(C)cc32)C[C@H]2c3ccccc3CCN2C1. The molecule has 0 saturated heterocycles. The van der Waals surface area contributed by atoms with Crippen LogP contribution in [0, 0.1) is 6.92 Å². The van der Waals surface area contributed by atoms with Gasteiger partial charge in [-0.1, -0.05) is 48.4 Å². The fraction of sp³-hybridized carbons (Fsp3) is 0.500. The monoisotopic (exact) mass is 401 g/mol. The van der Waals surface area contributed by atoms with Crippen molar-refractivity contribution in [1.29, 1.82) is 0 Å². The van der Waals surface area contributed by atoms with E-state index in [-0.39, 0.29) is 0 Å². The molecule has 0 unspecified atom stereocenters. The molecule has 1 aliphatic carbocycles. The lowest BCUT2D eigenvalue weighted by Gasteiger charge is -2.43. The van der Waals surface area contributed by atoms with Crippen molar-refractivity contribution in [1.82, 2.24) is 4.90 Å². The second kappa shape index (κ2) is 8.23. The van der Waals surface area contributed by atoms with Crippen molar-refractivity contribution in [3.8, 4) is 5.75 Å². The van der Waals surface area contributed by atoms with Crippen LogP contribution < -0.4 is 4.74 Å². The summed E-state index contributed by atoms with van der Waals surface area (Å²) in [4.78, 5) is 2.74. The van der Waals surface area contributed by atoms with Gasteiger partial charge in [0.2, 0.25) is 0 Å². The Morgan fingerprint density at radius 2 is 1.90 bits per heavy atom. The highest BCUT2D eigenvalue weighted by Gasteiger charge is 2.34. The molecule has 5 rings (SSSR count). The number of benzene rings is 2. The first-order chi connectivity index (χ1) is 14.7. The van der Waals surface area contributed by atoms with Crippen LogP contribution in [0.1, 0.15) is 78.8 Å². The van der Waals surface area contributed by atoms with Crippen molar-refractivity contribution < 1.29 is 4.74 Å². The third kappa shape index (κ3) is 3.50. The fourth-order valence-corrected chi connectivity index (χ4v) is 6.23. The van der Waals surface area contributed by atoms with E-state index in [9.17, 15) is 0 Å². The lowest BCUT2D eigenvalue weighted by atomic mass is 9.75. The Kier molecular flexibility index (Phi) is 5.45. The van der Waals surface area contributed by atoms with Crippen LogP contribution in [-0.2, 0) is 12.8 Å². The molecule has 0 bridgehead atoms. The second-order valence-electron chi connectivity index (χ2n) is 9.51. The minimum Gasteiger partial charge on any atom is -0.496 e. The van der Waals surface area contributed by atoms with Crippen molar-refractivity contribution in [2.45, 2.75) is 70.8 Å². The van der Waals surface area contributed by atoms with Crippen LogP contribution in [0.15, 0.2) is 47.5 Å². The van der Waals surface area contributed by atoms with Gasteiger partial charge in [-0.2, -0.15) is 0 Å². The zero-order valence-electron chi connectivity index (χ0n) is 18.8. The maximum Gasteiger partial charge on any atom is 0.122 e. The predicted octanol–water partition coefficient (Wildman–Crippen LogP) is 6.52. The van der Waals surface area contributed by atoms with Crippen LogP contribution in [0.4, 0.5) is 0 Å². The van der Waals surface area contributed by atoms with Gasteiger partial charge in [0.25, 0.3) is 0 Å². The summed E-state index contributed by atoms with van der Waals surface area (Å²) in [5, 5.41) is 0. The normalized spacial score (nSPS) is 23.6. The highest BCUT2D eigenvalue weighted by molar-refractivity contribution is 5.45. The molecule has 30 heavy (non-hydrogen) atoms. The molecule has 0 aromatic heterocycles. The Morgan fingerprint density at radius 1 is 1.03 bits per heavy atom. The first-order valence-corrected chi connectivity index (χ1v) is 11.9. The lowest BCUT2D eigenvalue weighted by molar-refractivity contribution is 0.182. The minimum absolute atomic E-state index is 0.584. The summed E-state index contributed by atoms with van der Waals surface area (Å²) >= 11 is 0. The van der Waals surface area contributed by atoms with Gasteiger partial charge < -0.3 is 4.74 Å². The molecule has 2 heterocycles. The summed E-state index contributed by atoms with van der Waals surface area (Å²) in [6.45, 7) is 6.94. The summed E-state index contributed by atoms with van der Waals surface area (Å²) in [5.74, 6) is 1.72. The van der Waals surface area contributed by atoms with Crippen LogP contribution in [-0.4, -0.2) is 25.1 Å². The van der Waals surface area contributed by atoms with E-state index in [0.29, 0.717) is 12.0 Å². The van der Waals surface area contributed by atoms with Gasteiger partial charge in [0.1, 0.15) is 5.75 Å². The van der Waals surface area contributed by atoms with Crippen LogP contribution >= 0.6 is 0 Å². The van der Waals surface area contributed by atoms with Gasteiger partial charge in [-0.25, -0.2) is 0 Å². The van der Waals surface area contributed by atoms with Crippen molar-refractivity contribution >= 4 is 0 Å². The van der Waals surface area contributed by atoms with Gasteiger partial charge in [0.05, 0.1) is 7.11 Å². The van der Waals surface area contributed by atoms with Crippen molar-refractivity contribution in [3.05, 3.63) is 75.4 Å². The lowest BCUT2D eigenvalue weighted by Crippen LogP contribution is -2.40. The Hall–Kier alpha value is -2.06. The summed E-state index contributed by atoms with van der Waals surface area (Å²) in [6, 6.07) is 14.5. The topological polar surface area (TPSA) is 12.5 Å². The van der Waals surface area contributed by atoms with Gasteiger partial charge >= 0.3 is 0 Å². The smallest absolute Gasteiger partial charge is 0.122 e. The zero-order valence-corrected chi connectivity index (χ0v) is 18.8. The first kappa shape index (κ1) is 19.9. The number of methoxy groups -OCH3 is 1. The van der Waals surface area contributed by atoms with Crippen molar-refractivity contribution in [2.24, 2.45) is 0 Å². The highest BCUT2D eigenvalue weighted by atomic mass is 16.5. The average Bonchev–Trinajstić information content (AvgIpc) is 2.78.